The number of thioether (sulfide) groups is 1. The summed E-state index contributed by atoms with van der Waals surface area (Å²) in [5.41, 5.74) is -1.42. The van der Waals surface area contributed by atoms with Crippen molar-refractivity contribution in [1.82, 2.24) is 0 Å². The molecule has 3 nitrogen and oxygen atoms in total. The zero-order valence-electron chi connectivity index (χ0n) is 8.02. The highest BCUT2D eigenvalue weighted by molar-refractivity contribution is 7.98. The van der Waals surface area contributed by atoms with E-state index in [-0.39, 0.29) is 0 Å². The zero-order chi connectivity index (χ0) is 10.8. The molecule has 76 valence electrons. The van der Waals surface area contributed by atoms with E-state index >= 15 is 0 Å². The van der Waals surface area contributed by atoms with Crippen LogP contribution in [0, 0.1) is 0 Å². The molecule has 0 saturated carbocycles. The average molecular weight is 212 g/mol. The van der Waals surface area contributed by atoms with Crippen molar-refractivity contribution in [3.8, 4) is 0 Å². The molecule has 0 heterocycles. The number of carboxylic acids is 1. The lowest BCUT2D eigenvalue weighted by atomic mass is 9.97. The molecule has 0 spiro atoms. The highest BCUT2D eigenvalue weighted by Crippen LogP contribution is 2.23. The Morgan fingerprint density at radius 3 is 2.21 bits per heavy atom. The third-order valence-corrected chi connectivity index (χ3v) is 2.81. The van der Waals surface area contributed by atoms with Crippen molar-refractivity contribution in [2.24, 2.45) is 0 Å². The Kier molecular flexibility index (Phi) is 3.18. The number of benzene rings is 1. The summed E-state index contributed by atoms with van der Waals surface area (Å²) >= 11 is 1.57. The zero-order valence-corrected chi connectivity index (χ0v) is 8.84. The Hall–Kier alpha value is -1.00. The summed E-state index contributed by atoms with van der Waals surface area (Å²) in [6.45, 7) is 1.27. The molecule has 0 amide bonds. The van der Waals surface area contributed by atoms with Crippen LogP contribution in [0.25, 0.3) is 0 Å². The van der Waals surface area contributed by atoms with Crippen LogP contribution in [0.4, 0.5) is 0 Å². The maximum Gasteiger partial charge on any atom is 0.340 e. The van der Waals surface area contributed by atoms with Crippen LogP contribution >= 0.6 is 11.8 Å². The lowest BCUT2D eigenvalue weighted by Gasteiger charge is -2.18. The van der Waals surface area contributed by atoms with E-state index in [2.05, 4.69) is 0 Å². The number of aliphatic carboxylic acids is 1. The SMILES string of the molecule is CSc1ccc(C(C)(O)C(=O)O)cc1. The number of rotatable bonds is 3. The Morgan fingerprint density at radius 1 is 1.36 bits per heavy atom. The monoisotopic (exact) mass is 212 g/mol. The molecule has 1 aromatic rings. The summed E-state index contributed by atoms with van der Waals surface area (Å²) in [4.78, 5) is 11.8. The van der Waals surface area contributed by atoms with E-state index in [1.807, 2.05) is 6.26 Å². The average Bonchev–Trinajstić information content (AvgIpc) is 2.17. The molecule has 0 aliphatic heterocycles. The Balaban J connectivity index is 3.02. The molecule has 0 radical (unpaired) electrons. The third kappa shape index (κ3) is 2.08. The van der Waals surface area contributed by atoms with Crippen LogP contribution in [-0.4, -0.2) is 22.4 Å². The number of hydrogen-bond donors (Lipinski definition) is 2. The molecule has 0 aromatic heterocycles. The van der Waals surface area contributed by atoms with Crippen molar-refractivity contribution >= 4 is 17.7 Å². The second-order valence-electron chi connectivity index (χ2n) is 3.11. The molecule has 1 aromatic carbocycles. The minimum Gasteiger partial charge on any atom is -0.479 e. The first-order valence-electron chi connectivity index (χ1n) is 4.09. The normalized spacial score (nSPS) is 14.8. The fraction of sp³-hybridized carbons (Fsp3) is 0.300. The van der Waals surface area contributed by atoms with Crippen LogP contribution in [0.15, 0.2) is 29.2 Å². The largest absolute Gasteiger partial charge is 0.479 e. The number of hydrogen-bond acceptors (Lipinski definition) is 3. The van der Waals surface area contributed by atoms with Gasteiger partial charge in [0.2, 0.25) is 0 Å². The topological polar surface area (TPSA) is 57.5 Å². The van der Waals surface area contributed by atoms with Gasteiger partial charge >= 0.3 is 5.97 Å². The van der Waals surface area contributed by atoms with Gasteiger partial charge in [0.15, 0.2) is 5.60 Å². The maximum absolute atomic E-state index is 10.7. The van der Waals surface area contributed by atoms with Crippen molar-refractivity contribution < 1.29 is 15.0 Å². The van der Waals surface area contributed by atoms with E-state index < -0.39 is 11.6 Å². The second-order valence-corrected chi connectivity index (χ2v) is 3.99. The summed E-state index contributed by atoms with van der Waals surface area (Å²) in [7, 11) is 0. The maximum atomic E-state index is 10.7. The van der Waals surface area contributed by atoms with Gasteiger partial charge < -0.3 is 10.2 Å². The minimum absolute atomic E-state index is 0.391. The molecule has 0 aliphatic rings. The van der Waals surface area contributed by atoms with E-state index in [9.17, 15) is 9.90 Å². The van der Waals surface area contributed by atoms with Crippen molar-refractivity contribution in [3.05, 3.63) is 29.8 Å². The quantitative estimate of drug-likeness (QED) is 0.749. The second kappa shape index (κ2) is 4.02. The summed E-state index contributed by atoms with van der Waals surface area (Å²) in [6.07, 6.45) is 1.93. The fourth-order valence-electron chi connectivity index (χ4n) is 1.04. The van der Waals surface area contributed by atoms with Crippen molar-refractivity contribution in [3.63, 3.8) is 0 Å². The summed E-state index contributed by atoms with van der Waals surface area (Å²) in [5, 5.41) is 18.4. The van der Waals surface area contributed by atoms with Gasteiger partial charge in [0.25, 0.3) is 0 Å². The molecule has 0 bridgehead atoms. The summed E-state index contributed by atoms with van der Waals surface area (Å²) in [5.74, 6) is -1.24. The predicted octanol–water partition coefficient (Wildman–Crippen LogP) is 1.70. The number of carbonyl (C=O) groups is 1. The molecule has 0 aliphatic carbocycles. The lowest BCUT2D eigenvalue weighted by molar-refractivity contribution is -0.157. The molecule has 4 heteroatoms. The Morgan fingerprint density at radius 2 is 1.86 bits per heavy atom. The van der Waals surface area contributed by atoms with Gasteiger partial charge in [0, 0.05) is 4.90 Å². The van der Waals surface area contributed by atoms with Crippen molar-refractivity contribution in [2.45, 2.75) is 17.4 Å². The van der Waals surface area contributed by atoms with E-state index in [4.69, 9.17) is 5.11 Å². The van der Waals surface area contributed by atoms with Gasteiger partial charge in [-0.2, -0.15) is 0 Å². The Bertz CT molecular complexity index is 330. The Labute approximate surface area is 86.8 Å². The predicted molar refractivity (Wildman–Crippen MR) is 55.4 cm³/mol. The van der Waals surface area contributed by atoms with Crippen LogP contribution < -0.4 is 0 Å². The van der Waals surface area contributed by atoms with Crippen LogP contribution in [0.1, 0.15) is 12.5 Å². The molecular weight excluding hydrogens is 200 g/mol. The molecule has 14 heavy (non-hydrogen) atoms. The van der Waals surface area contributed by atoms with E-state index in [0.29, 0.717) is 5.56 Å². The van der Waals surface area contributed by atoms with Crippen LogP contribution in [-0.2, 0) is 10.4 Å². The van der Waals surface area contributed by atoms with Gasteiger partial charge in [-0.05, 0) is 30.9 Å². The smallest absolute Gasteiger partial charge is 0.340 e. The molecule has 2 N–H and O–H groups in total. The van der Waals surface area contributed by atoms with Gasteiger partial charge in [-0.3, -0.25) is 0 Å². The third-order valence-electron chi connectivity index (χ3n) is 2.07. The molecule has 1 rings (SSSR count). The number of carboxylic acid groups (broad SMARTS) is 1. The number of aliphatic hydroxyl groups is 1. The first kappa shape index (κ1) is 11.1. The van der Waals surface area contributed by atoms with E-state index in [1.165, 1.54) is 6.92 Å². The first-order valence-corrected chi connectivity index (χ1v) is 5.31. The van der Waals surface area contributed by atoms with Crippen molar-refractivity contribution in [1.29, 1.82) is 0 Å². The molecular formula is C10H12O3S. The van der Waals surface area contributed by atoms with Gasteiger partial charge in [0.05, 0.1) is 0 Å². The van der Waals surface area contributed by atoms with Gasteiger partial charge in [0.1, 0.15) is 0 Å². The summed E-state index contributed by atoms with van der Waals surface area (Å²) < 4.78 is 0. The molecule has 1 unspecified atom stereocenters. The molecule has 0 saturated heterocycles. The fourth-order valence-corrected chi connectivity index (χ4v) is 1.45. The first-order chi connectivity index (χ1) is 6.48. The lowest BCUT2D eigenvalue weighted by Crippen LogP contribution is -2.31. The standard InChI is InChI=1S/C10H12O3S/c1-10(13,9(11)12)7-3-5-8(14-2)6-4-7/h3-6,13H,1-2H3,(H,11,12). The van der Waals surface area contributed by atoms with Crippen molar-refractivity contribution in [2.75, 3.05) is 6.26 Å². The highest BCUT2D eigenvalue weighted by atomic mass is 32.2. The van der Waals surface area contributed by atoms with Crippen LogP contribution in [0.3, 0.4) is 0 Å². The van der Waals surface area contributed by atoms with Crippen LogP contribution in [0.5, 0.6) is 0 Å². The minimum atomic E-state index is -1.81. The van der Waals surface area contributed by atoms with Gasteiger partial charge in [-0.25, -0.2) is 4.79 Å². The summed E-state index contributed by atoms with van der Waals surface area (Å²) in [6, 6.07) is 6.83. The van der Waals surface area contributed by atoms with E-state index in [0.717, 1.165) is 4.90 Å². The van der Waals surface area contributed by atoms with E-state index in [1.54, 1.807) is 36.0 Å². The van der Waals surface area contributed by atoms with Gasteiger partial charge in [-0.1, -0.05) is 12.1 Å². The van der Waals surface area contributed by atoms with Gasteiger partial charge in [-0.15, -0.1) is 11.8 Å². The highest BCUT2D eigenvalue weighted by Gasteiger charge is 2.31. The molecule has 1 atom stereocenters. The van der Waals surface area contributed by atoms with Crippen LogP contribution in [0.2, 0.25) is 0 Å². The molecule has 0 fully saturated rings.